The van der Waals surface area contributed by atoms with E-state index in [2.05, 4.69) is 31.8 Å². The maximum atomic E-state index is 13.1. The molecule has 3 fully saturated rings. The van der Waals surface area contributed by atoms with E-state index in [0.29, 0.717) is 36.2 Å². The summed E-state index contributed by atoms with van der Waals surface area (Å²) in [5.41, 5.74) is 2.17. The monoisotopic (exact) mass is 448 g/mol. The van der Waals surface area contributed by atoms with Crippen LogP contribution in [0.4, 0.5) is 0 Å². The van der Waals surface area contributed by atoms with Crippen molar-refractivity contribution in [3.05, 3.63) is 24.5 Å². The molecule has 0 saturated carbocycles. The van der Waals surface area contributed by atoms with Gasteiger partial charge in [0.2, 0.25) is 11.8 Å². The Labute approximate surface area is 192 Å². The molecule has 0 spiro atoms. The SMILES string of the molecule is CCn1c(-c2cnc(C)nc2)nc2c(OC3CCN(C(=O)C4CN5CCC4C5)C3)ncnc21. The van der Waals surface area contributed by atoms with Crippen LogP contribution < -0.4 is 4.74 Å². The first kappa shape index (κ1) is 20.5. The van der Waals surface area contributed by atoms with Gasteiger partial charge < -0.3 is 19.1 Å². The third-order valence-corrected chi connectivity index (χ3v) is 7.24. The van der Waals surface area contributed by atoms with Gasteiger partial charge in [0.05, 0.1) is 18.0 Å². The van der Waals surface area contributed by atoms with Crippen LogP contribution in [0.2, 0.25) is 0 Å². The van der Waals surface area contributed by atoms with Crippen LogP contribution in [0.25, 0.3) is 22.6 Å². The molecule has 10 nitrogen and oxygen atoms in total. The van der Waals surface area contributed by atoms with E-state index in [1.54, 1.807) is 12.4 Å². The van der Waals surface area contributed by atoms with E-state index in [1.165, 1.54) is 6.33 Å². The van der Waals surface area contributed by atoms with Crippen LogP contribution in [0.5, 0.6) is 5.88 Å². The fourth-order valence-corrected chi connectivity index (χ4v) is 5.51. The summed E-state index contributed by atoms with van der Waals surface area (Å²) in [5, 5.41) is 0. The Balaban J connectivity index is 1.22. The second kappa shape index (κ2) is 8.02. The van der Waals surface area contributed by atoms with Crippen LogP contribution >= 0.6 is 0 Å². The molecule has 172 valence electrons. The van der Waals surface area contributed by atoms with Crippen molar-refractivity contribution >= 4 is 17.1 Å². The van der Waals surface area contributed by atoms with E-state index in [1.807, 2.05) is 16.4 Å². The average molecular weight is 449 g/mol. The molecule has 2 bridgehead atoms. The molecule has 6 heterocycles. The summed E-state index contributed by atoms with van der Waals surface area (Å²) in [5.74, 6) is 2.89. The minimum absolute atomic E-state index is 0.0936. The smallest absolute Gasteiger partial charge is 0.245 e. The van der Waals surface area contributed by atoms with E-state index >= 15 is 0 Å². The number of ether oxygens (including phenoxy) is 1. The number of hydrogen-bond acceptors (Lipinski definition) is 8. The molecular weight excluding hydrogens is 420 g/mol. The Kier molecular flexibility index (Phi) is 4.97. The van der Waals surface area contributed by atoms with E-state index in [-0.39, 0.29) is 17.9 Å². The molecule has 3 aromatic heterocycles. The van der Waals surface area contributed by atoms with E-state index in [9.17, 15) is 4.79 Å². The van der Waals surface area contributed by atoms with E-state index < -0.39 is 0 Å². The lowest BCUT2D eigenvalue weighted by atomic mass is 9.91. The third-order valence-electron chi connectivity index (χ3n) is 7.24. The number of carbonyl (C=O) groups excluding carboxylic acids is 1. The summed E-state index contributed by atoms with van der Waals surface area (Å²) in [4.78, 5) is 39.8. The lowest BCUT2D eigenvalue weighted by Crippen LogP contribution is -2.40. The van der Waals surface area contributed by atoms with Crippen molar-refractivity contribution in [2.45, 2.75) is 39.3 Å². The molecule has 3 saturated heterocycles. The zero-order chi connectivity index (χ0) is 22.5. The Morgan fingerprint density at radius 3 is 2.67 bits per heavy atom. The molecule has 3 aromatic rings. The maximum Gasteiger partial charge on any atom is 0.245 e. The van der Waals surface area contributed by atoms with Crippen molar-refractivity contribution in [2.75, 3.05) is 32.7 Å². The van der Waals surface area contributed by atoms with Crippen LogP contribution in [0.1, 0.15) is 25.6 Å². The van der Waals surface area contributed by atoms with Crippen molar-refractivity contribution in [2.24, 2.45) is 11.8 Å². The zero-order valence-electron chi connectivity index (χ0n) is 19.0. The van der Waals surface area contributed by atoms with Gasteiger partial charge in [0.25, 0.3) is 0 Å². The highest BCUT2D eigenvalue weighted by molar-refractivity contribution is 5.81. The molecular formula is C23H28N8O2. The van der Waals surface area contributed by atoms with Gasteiger partial charge in [-0.05, 0) is 32.7 Å². The predicted octanol–water partition coefficient (Wildman–Crippen LogP) is 1.54. The molecule has 0 aromatic carbocycles. The quantitative estimate of drug-likeness (QED) is 0.579. The van der Waals surface area contributed by atoms with Crippen LogP contribution in [0.15, 0.2) is 18.7 Å². The summed E-state index contributed by atoms with van der Waals surface area (Å²) < 4.78 is 8.32. The van der Waals surface area contributed by atoms with Crippen molar-refractivity contribution in [1.29, 1.82) is 0 Å². The average Bonchev–Trinajstić information content (AvgIpc) is 3.62. The molecule has 33 heavy (non-hydrogen) atoms. The van der Waals surface area contributed by atoms with Gasteiger partial charge in [-0.3, -0.25) is 4.79 Å². The van der Waals surface area contributed by atoms with Crippen LogP contribution in [0.3, 0.4) is 0 Å². The predicted molar refractivity (Wildman–Crippen MR) is 120 cm³/mol. The first-order valence-electron chi connectivity index (χ1n) is 11.8. The number of amides is 1. The van der Waals surface area contributed by atoms with Gasteiger partial charge in [0.15, 0.2) is 11.2 Å². The number of imidazole rings is 1. The van der Waals surface area contributed by atoms with Gasteiger partial charge in [0.1, 0.15) is 24.1 Å². The van der Waals surface area contributed by atoms with Crippen molar-refractivity contribution < 1.29 is 9.53 Å². The summed E-state index contributed by atoms with van der Waals surface area (Å²) in [7, 11) is 0. The van der Waals surface area contributed by atoms with E-state index in [4.69, 9.17) is 9.72 Å². The topological polar surface area (TPSA) is 102 Å². The second-order valence-electron chi connectivity index (χ2n) is 9.28. The molecule has 4 unspecified atom stereocenters. The number of hydrogen-bond donors (Lipinski definition) is 0. The van der Waals surface area contributed by atoms with Crippen LogP contribution in [0, 0.1) is 18.8 Å². The molecule has 4 atom stereocenters. The Morgan fingerprint density at radius 1 is 1.09 bits per heavy atom. The van der Waals surface area contributed by atoms with Crippen molar-refractivity contribution in [3.8, 4) is 17.3 Å². The van der Waals surface area contributed by atoms with Gasteiger partial charge >= 0.3 is 0 Å². The minimum Gasteiger partial charge on any atom is -0.471 e. The van der Waals surface area contributed by atoms with Crippen LogP contribution in [-0.2, 0) is 11.3 Å². The van der Waals surface area contributed by atoms with Crippen molar-refractivity contribution in [3.63, 3.8) is 0 Å². The summed E-state index contributed by atoms with van der Waals surface area (Å²) in [6.45, 7) is 9.07. The molecule has 3 aliphatic heterocycles. The highest BCUT2D eigenvalue weighted by Gasteiger charge is 2.44. The molecule has 0 N–H and O–H groups in total. The number of likely N-dealkylation sites (tertiary alicyclic amines) is 1. The number of nitrogens with zero attached hydrogens (tertiary/aromatic N) is 8. The Bertz CT molecular complexity index is 1190. The molecule has 0 radical (unpaired) electrons. The number of aryl methyl sites for hydroxylation is 2. The minimum atomic E-state index is -0.0936. The van der Waals surface area contributed by atoms with E-state index in [0.717, 1.165) is 56.1 Å². The Morgan fingerprint density at radius 2 is 1.94 bits per heavy atom. The molecule has 6 rings (SSSR count). The number of aromatic nitrogens is 6. The summed E-state index contributed by atoms with van der Waals surface area (Å²) in [6.07, 6.45) is 6.92. The largest absolute Gasteiger partial charge is 0.471 e. The lowest BCUT2D eigenvalue weighted by Gasteiger charge is -2.26. The maximum absolute atomic E-state index is 13.1. The standard InChI is InChI=1S/C23H28N8O2/c1-3-31-20(16-8-24-14(2)25-9-16)28-19-21(31)26-13-27-22(19)33-17-5-7-30(11-17)23(32)18-12-29-6-4-15(18)10-29/h8-9,13,15,17-18H,3-7,10-12H2,1-2H3. The zero-order valence-corrected chi connectivity index (χ0v) is 19.0. The normalized spacial score (nSPS) is 26.4. The second-order valence-corrected chi connectivity index (χ2v) is 9.28. The third kappa shape index (κ3) is 3.52. The molecule has 3 aliphatic rings. The Hall–Kier alpha value is -3.14. The van der Waals surface area contributed by atoms with Gasteiger partial charge in [-0.15, -0.1) is 0 Å². The fourth-order valence-electron chi connectivity index (χ4n) is 5.51. The van der Waals surface area contributed by atoms with Crippen LogP contribution in [-0.4, -0.2) is 84.0 Å². The first-order valence-corrected chi connectivity index (χ1v) is 11.8. The van der Waals surface area contributed by atoms with Gasteiger partial charge in [-0.2, -0.15) is 4.98 Å². The number of piperidine rings is 1. The highest BCUT2D eigenvalue weighted by atomic mass is 16.5. The molecule has 1 amide bonds. The van der Waals surface area contributed by atoms with Gasteiger partial charge in [0, 0.05) is 45.0 Å². The van der Waals surface area contributed by atoms with Gasteiger partial charge in [-0.1, -0.05) is 0 Å². The molecule has 10 heteroatoms. The molecule has 0 aliphatic carbocycles. The van der Waals surface area contributed by atoms with Gasteiger partial charge in [-0.25, -0.2) is 19.9 Å². The fraction of sp³-hybridized carbons (Fsp3) is 0.565. The first-order chi connectivity index (χ1) is 16.1. The highest BCUT2D eigenvalue weighted by Crippen LogP contribution is 2.35. The lowest BCUT2D eigenvalue weighted by molar-refractivity contribution is -0.136. The number of fused-ring (bicyclic) bond motifs is 3. The van der Waals surface area contributed by atoms with Crippen molar-refractivity contribution in [1.82, 2.24) is 39.3 Å². The number of carbonyl (C=O) groups is 1. The summed E-state index contributed by atoms with van der Waals surface area (Å²) >= 11 is 0. The summed E-state index contributed by atoms with van der Waals surface area (Å²) in [6, 6.07) is 0. The number of rotatable bonds is 5.